The molecule has 4 heteroatoms. The lowest BCUT2D eigenvalue weighted by atomic mass is 10.2. The monoisotopic (exact) mass is 316 g/mol. The van der Waals surface area contributed by atoms with Crippen molar-refractivity contribution in [2.45, 2.75) is 52.4 Å². The lowest BCUT2D eigenvalue weighted by molar-refractivity contribution is 0.305. The largest absolute Gasteiger partial charge is 0.446 e. The van der Waals surface area contributed by atoms with Gasteiger partial charge in [-0.3, -0.25) is 0 Å². The van der Waals surface area contributed by atoms with Crippen LogP contribution in [0, 0.1) is 0 Å². The second-order valence-electron chi connectivity index (χ2n) is 4.83. The van der Waals surface area contributed by atoms with Gasteiger partial charge in [0.05, 0.1) is 11.6 Å². The predicted molar refractivity (Wildman–Crippen MR) is 88.9 cm³/mol. The average Bonchev–Trinajstić information content (AvgIpc) is 2.46. The van der Waals surface area contributed by atoms with Crippen LogP contribution >= 0.6 is 20.0 Å². The summed E-state index contributed by atoms with van der Waals surface area (Å²) in [5.74, 6) is 0.743. The van der Waals surface area contributed by atoms with Crippen molar-refractivity contribution in [3.05, 3.63) is 29.3 Å². The summed E-state index contributed by atoms with van der Waals surface area (Å²) in [6.07, 6.45) is 8.16. The summed E-state index contributed by atoms with van der Waals surface area (Å²) >= 11 is 6.14. The Morgan fingerprint density at radius 3 is 2.45 bits per heavy atom. The molecule has 0 aliphatic carbocycles. The van der Waals surface area contributed by atoms with Gasteiger partial charge in [0.15, 0.2) is 0 Å². The highest BCUT2D eigenvalue weighted by atomic mass is 35.5. The summed E-state index contributed by atoms with van der Waals surface area (Å²) in [5.41, 5.74) is 0. The van der Waals surface area contributed by atoms with E-state index in [0.29, 0.717) is 5.02 Å². The van der Waals surface area contributed by atoms with Gasteiger partial charge in [0, 0.05) is 6.16 Å². The summed E-state index contributed by atoms with van der Waals surface area (Å²) in [6, 6.07) is 7.62. The zero-order valence-electron chi connectivity index (χ0n) is 12.6. The Morgan fingerprint density at radius 2 is 1.75 bits per heavy atom. The smallest absolute Gasteiger partial charge is 0.230 e. The summed E-state index contributed by atoms with van der Waals surface area (Å²) in [4.78, 5) is 0. The van der Waals surface area contributed by atoms with Crippen LogP contribution in [0.5, 0.6) is 5.75 Å². The molecule has 2 nitrogen and oxygen atoms in total. The second-order valence-corrected chi connectivity index (χ2v) is 6.79. The SMILES string of the molecule is CCCCCCP(OCCCC)Oc1ccccc1Cl. The molecular formula is C16H26ClO2P. The Morgan fingerprint density at radius 1 is 1.00 bits per heavy atom. The minimum Gasteiger partial charge on any atom is -0.446 e. The summed E-state index contributed by atoms with van der Waals surface area (Å²) in [7, 11) is -0.866. The van der Waals surface area contributed by atoms with Gasteiger partial charge >= 0.3 is 0 Å². The van der Waals surface area contributed by atoms with Crippen molar-refractivity contribution in [3.63, 3.8) is 0 Å². The number of unbranched alkanes of at least 4 members (excludes halogenated alkanes) is 4. The quantitative estimate of drug-likeness (QED) is 0.346. The fourth-order valence-electron chi connectivity index (χ4n) is 1.74. The van der Waals surface area contributed by atoms with Crippen molar-refractivity contribution in [1.29, 1.82) is 0 Å². The molecule has 1 aromatic carbocycles. The topological polar surface area (TPSA) is 18.5 Å². The van der Waals surface area contributed by atoms with Gasteiger partial charge in [0.25, 0.3) is 0 Å². The van der Waals surface area contributed by atoms with E-state index in [1.807, 2.05) is 24.3 Å². The van der Waals surface area contributed by atoms with Gasteiger partial charge in [-0.2, -0.15) is 0 Å². The van der Waals surface area contributed by atoms with E-state index in [9.17, 15) is 0 Å². The van der Waals surface area contributed by atoms with E-state index < -0.39 is 8.38 Å². The second kappa shape index (κ2) is 11.4. The molecule has 0 aliphatic rings. The highest BCUT2D eigenvalue weighted by molar-refractivity contribution is 7.47. The summed E-state index contributed by atoms with van der Waals surface area (Å²) < 4.78 is 11.9. The van der Waals surface area contributed by atoms with Crippen LogP contribution in [-0.4, -0.2) is 12.8 Å². The van der Waals surface area contributed by atoms with Crippen LogP contribution in [0.2, 0.25) is 5.02 Å². The minimum atomic E-state index is -0.866. The van der Waals surface area contributed by atoms with Gasteiger partial charge in [-0.05, 0) is 25.0 Å². The molecule has 0 fully saturated rings. The van der Waals surface area contributed by atoms with E-state index in [-0.39, 0.29) is 0 Å². The van der Waals surface area contributed by atoms with Gasteiger partial charge < -0.3 is 9.05 Å². The first kappa shape index (κ1) is 17.8. The van der Waals surface area contributed by atoms with E-state index in [4.69, 9.17) is 20.6 Å². The fourth-order valence-corrected chi connectivity index (χ4v) is 3.44. The van der Waals surface area contributed by atoms with Gasteiger partial charge in [0.2, 0.25) is 8.38 Å². The van der Waals surface area contributed by atoms with Gasteiger partial charge in [-0.1, -0.05) is 63.3 Å². The Kier molecular flexibility index (Phi) is 10.1. The molecule has 0 aliphatic heterocycles. The van der Waals surface area contributed by atoms with Crippen LogP contribution in [0.3, 0.4) is 0 Å². The fraction of sp³-hybridized carbons (Fsp3) is 0.625. The predicted octanol–water partition coefficient (Wildman–Crippen LogP) is 6.43. The van der Waals surface area contributed by atoms with Gasteiger partial charge in [-0.15, -0.1) is 0 Å². The molecule has 1 rings (SSSR count). The summed E-state index contributed by atoms with van der Waals surface area (Å²) in [6.45, 7) is 5.17. The molecule has 0 heterocycles. The van der Waals surface area contributed by atoms with Crippen LogP contribution in [0.25, 0.3) is 0 Å². The highest BCUT2D eigenvalue weighted by Crippen LogP contribution is 2.42. The maximum Gasteiger partial charge on any atom is 0.230 e. The van der Waals surface area contributed by atoms with E-state index in [0.717, 1.165) is 37.8 Å². The third-order valence-corrected chi connectivity index (χ3v) is 4.83. The van der Waals surface area contributed by atoms with Crippen molar-refractivity contribution >= 4 is 20.0 Å². The molecule has 114 valence electrons. The molecule has 0 radical (unpaired) electrons. The average molecular weight is 317 g/mol. The molecule has 0 amide bonds. The Bertz CT molecular complexity index is 360. The molecule has 0 aromatic heterocycles. The van der Waals surface area contributed by atoms with Crippen LogP contribution < -0.4 is 4.52 Å². The standard InChI is InChI=1S/C16H26ClO2P/c1-3-5-7-10-14-20(18-13-6-4-2)19-16-12-9-8-11-15(16)17/h8-9,11-12H,3-7,10,13-14H2,1-2H3. The molecule has 0 N–H and O–H groups in total. The first-order valence-corrected chi connectivity index (χ1v) is 9.35. The first-order chi connectivity index (χ1) is 9.77. The Balaban J connectivity index is 2.46. The number of benzene rings is 1. The number of rotatable bonds is 11. The number of halogens is 1. The molecule has 20 heavy (non-hydrogen) atoms. The van der Waals surface area contributed by atoms with Crippen molar-refractivity contribution in [1.82, 2.24) is 0 Å². The molecule has 0 saturated carbocycles. The van der Waals surface area contributed by atoms with Crippen molar-refractivity contribution in [2.24, 2.45) is 0 Å². The molecule has 0 spiro atoms. The van der Waals surface area contributed by atoms with Gasteiger partial charge in [0.1, 0.15) is 5.75 Å². The maximum atomic E-state index is 6.14. The van der Waals surface area contributed by atoms with Crippen LogP contribution in [-0.2, 0) is 4.52 Å². The zero-order chi connectivity index (χ0) is 14.6. The molecular weight excluding hydrogens is 291 g/mol. The van der Waals surface area contributed by atoms with E-state index in [1.54, 1.807) is 0 Å². The molecule has 1 atom stereocenters. The van der Waals surface area contributed by atoms with E-state index in [1.165, 1.54) is 19.3 Å². The van der Waals surface area contributed by atoms with Crippen LogP contribution in [0.15, 0.2) is 24.3 Å². The van der Waals surface area contributed by atoms with Gasteiger partial charge in [-0.25, -0.2) is 0 Å². The normalized spacial score (nSPS) is 12.3. The lowest BCUT2D eigenvalue weighted by Crippen LogP contribution is -2.00. The third-order valence-electron chi connectivity index (χ3n) is 2.96. The minimum absolute atomic E-state index is 0.660. The van der Waals surface area contributed by atoms with E-state index in [2.05, 4.69) is 13.8 Å². The Labute approximate surface area is 129 Å². The van der Waals surface area contributed by atoms with Crippen LogP contribution in [0.1, 0.15) is 52.4 Å². The number of hydrogen-bond donors (Lipinski definition) is 0. The molecule has 0 saturated heterocycles. The van der Waals surface area contributed by atoms with Crippen LogP contribution in [0.4, 0.5) is 0 Å². The molecule has 1 aromatic rings. The zero-order valence-corrected chi connectivity index (χ0v) is 14.3. The maximum absolute atomic E-state index is 6.14. The van der Waals surface area contributed by atoms with Crippen molar-refractivity contribution in [3.8, 4) is 5.75 Å². The highest BCUT2D eigenvalue weighted by Gasteiger charge is 2.13. The Hall–Kier alpha value is -0.300. The van der Waals surface area contributed by atoms with E-state index >= 15 is 0 Å². The third kappa shape index (κ3) is 7.47. The first-order valence-electron chi connectivity index (χ1n) is 7.60. The number of para-hydroxylation sites is 1. The molecule has 1 unspecified atom stereocenters. The molecule has 0 bridgehead atoms. The lowest BCUT2D eigenvalue weighted by Gasteiger charge is -2.18. The summed E-state index contributed by atoms with van der Waals surface area (Å²) in [5, 5.41) is 0.660. The van der Waals surface area contributed by atoms with Crippen molar-refractivity contribution < 1.29 is 9.05 Å². The number of hydrogen-bond acceptors (Lipinski definition) is 2. The van der Waals surface area contributed by atoms with Crippen molar-refractivity contribution in [2.75, 3.05) is 12.8 Å².